The van der Waals surface area contributed by atoms with Gasteiger partial charge < -0.3 is 19.1 Å². The summed E-state index contributed by atoms with van der Waals surface area (Å²) in [5, 5.41) is 0. The fraction of sp³-hybridized carbons (Fsp3) is 0.611. The number of carbonyl (C=O) groups is 1. The van der Waals surface area contributed by atoms with Crippen molar-refractivity contribution >= 4 is 5.91 Å². The van der Waals surface area contributed by atoms with Gasteiger partial charge in [0.2, 0.25) is 6.10 Å². The van der Waals surface area contributed by atoms with Crippen LogP contribution in [0.15, 0.2) is 24.3 Å². The van der Waals surface area contributed by atoms with Crippen LogP contribution in [0, 0.1) is 5.41 Å². The highest BCUT2D eigenvalue weighted by molar-refractivity contribution is 5.82. The summed E-state index contributed by atoms with van der Waals surface area (Å²) in [4.78, 5) is 14.9. The van der Waals surface area contributed by atoms with Gasteiger partial charge in [-0.25, -0.2) is 0 Å². The Morgan fingerprint density at radius 1 is 1.17 bits per heavy atom. The van der Waals surface area contributed by atoms with Crippen molar-refractivity contribution in [2.45, 2.75) is 31.8 Å². The molecular formula is C18H23NO4. The van der Waals surface area contributed by atoms with Gasteiger partial charge in [-0.05, 0) is 25.0 Å². The summed E-state index contributed by atoms with van der Waals surface area (Å²) in [5.74, 6) is 1.39. The number of rotatable bonds is 1. The lowest BCUT2D eigenvalue weighted by Gasteiger charge is -2.34. The molecule has 1 aliphatic carbocycles. The Labute approximate surface area is 136 Å². The SMILES string of the molecule is O=C(C1COc2ccccc2O1)N1CCOCC2(CCCC2)C1. The maximum Gasteiger partial charge on any atom is 0.267 e. The first-order chi connectivity index (χ1) is 11.3. The molecule has 1 amide bonds. The smallest absolute Gasteiger partial charge is 0.267 e. The minimum Gasteiger partial charge on any atom is -0.485 e. The molecule has 1 aromatic rings. The topological polar surface area (TPSA) is 48.0 Å². The van der Waals surface area contributed by atoms with Crippen LogP contribution in [0.2, 0.25) is 0 Å². The van der Waals surface area contributed by atoms with Crippen LogP contribution in [0.5, 0.6) is 11.5 Å². The molecule has 1 saturated heterocycles. The number of para-hydroxylation sites is 2. The predicted octanol–water partition coefficient (Wildman–Crippen LogP) is 2.25. The van der Waals surface area contributed by atoms with E-state index >= 15 is 0 Å². The van der Waals surface area contributed by atoms with Gasteiger partial charge in [0.15, 0.2) is 11.5 Å². The van der Waals surface area contributed by atoms with Gasteiger partial charge in [0, 0.05) is 18.5 Å². The second kappa shape index (κ2) is 6.04. The zero-order valence-corrected chi connectivity index (χ0v) is 13.3. The Morgan fingerprint density at radius 2 is 1.96 bits per heavy atom. The van der Waals surface area contributed by atoms with Crippen molar-refractivity contribution in [3.63, 3.8) is 0 Å². The van der Waals surface area contributed by atoms with Crippen molar-refractivity contribution in [1.29, 1.82) is 0 Å². The number of amides is 1. The van der Waals surface area contributed by atoms with Gasteiger partial charge in [-0.1, -0.05) is 25.0 Å². The average molecular weight is 317 g/mol. The number of nitrogens with zero attached hydrogens (tertiary/aromatic N) is 1. The minimum atomic E-state index is -0.554. The molecular weight excluding hydrogens is 294 g/mol. The van der Waals surface area contributed by atoms with E-state index in [4.69, 9.17) is 14.2 Å². The van der Waals surface area contributed by atoms with Crippen LogP contribution < -0.4 is 9.47 Å². The van der Waals surface area contributed by atoms with E-state index in [-0.39, 0.29) is 17.9 Å². The average Bonchev–Trinajstić information content (AvgIpc) is 2.94. The summed E-state index contributed by atoms with van der Waals surface area (Å²) in [6.45, 7) is 3.09. The quantitative estimate of drug-likeness (QED) is 0.797. The molecule has 0 bridgehead atoms. The summed E-state index contributed by atoms with van der Waals surface area (Å²) in [6, 6.07) is 7.50. The van der Waals surface area contributed by atoms with Crippen LogP contribution in [-0.4, -0.2) is 49.8 Å². The van der Waals surface area contributed by atoms with Gasteiger partial charge in [0.25, 0.3) is 5.91 Å². The standard InChI is InChI=1S/C18H23NO4/c20-17(16-11-22-14-5-1-2-6-15(14)23-16)19-9-10-21-13-18(12-19)7-3-4-8-18/h1-2,5-6,16H,3-4,7-13H2. The van der Waals surface area contributed by atoms with Crippen molar-refractivity contribution in [2.24, 2.45) is 5.41 Å². The van der Waals surface area contributed by atoms with Crippen LogP contribution in [0.4, 0.5) is 0 Å². The molecule has 0 N–H and O–H groups in total. The van der Waals surface area contributed by atoms with Crippen LogP contribution in [0.1, 0.15) is 25.7 Å². The third-order valence-electron chi connectivity index (χ3n) is 5.20. The van der Waals surface area contributed by atoms with E-state index in [9.17, 15) is 4.79 Å². The van der Waals surface area contributed by atoms with Crippen molar-refractivity contribution in [2.75, 3.05) is 32.9 Å². The number of ether oxygens (including phenoxy) is 3. The number of benzene rings is 1. The normalized spacial score (nSPS) is 26.1. The fourth-order valence-electron chi connectivity index (χ4n) is 3.95. The maximum absolute atomic E-state index is 12.9. The molecule has 4 rings (SSSR count). The van der Waals surface area contributed by atoms with E-state index in [1.807, 2.05) is 29.2 Å². The van der Waals surface area contributed by atoms with Crippen molar-refractivity contribution < 1.29 is 19.0 Å². The molecule has 2 fully saturated rings. The van der Waals surface area contributed by atoms with Crippen LogP contribution in [-0.2, 0) is 9.53 Å². The van der Waals surface area contributed by atoms with Crippen molar-refractivity contribution in [3.8, 4) is 11.5 Å². The van der Waals surface area contributed by atoms with Crippen LogP contribution in [0.25, 0.3) is 0 Å². The van der Waals surface area contributed by atoms with E-state index in [1.165, 1.54) is 12.8 Å². The van der Waals surface area contributed by atoms with Gasteiger partial charge >= 0.3 is 0 Å². The molecule has 1 atom stereocenters. The molecule has 2 heterocycles. The highest BCUT2D eigenvalue weighted by atomic mass is 16.6. The number of hydrogen-bond donors (Lipinski definition) is 0. The third-order valence-corrected chi connectivity index (χ3v) is 5.20. The Balaban J connectivity index is 1.48. The first-order valence-corrected chi connectivity index (χ1v) is 8.51. The number of fused-ring (bicyclic) bond motifs is 1. The highest BCUT2D eigenvalue weighted by Gasteiger charge is 2.41. The summed E-state index contributed by atoms with van der Waals surface area (Å²) >= 11 is 0. The first kappa shape index (κ1) is 14.8. The number of hydrogen-bond acceptors (Lipinski definition) is 4. The molecule has 2 aliphatic heterocycles. The molecule has 1 unspecified atom stereocenters. The molecule has 5 heteroatoms. The van der Waals surface area contributed by atoms with E-state index < -0.39 is 6.10 Å². The Kier molecular flexibility index (Phi) is 3.89. The van der Waals surface area contributed by atoms with E-state index in [1.54, 1.807) is 0 Å². The zero-order chi connectivity index (χ0) is 15.7. The van der Waals surface area contributed by atoms with Crippen LogP contribution >= 0.6 is 0 Å². The summed E-state index contributed by atoms with van der Waals surface area (Å²) in [5.41, 5.74) is 0.152. The highest BCUT2D eigenvalue weighted by Crippen LogP contribution is 2.40. The minimum absolute atomic E-state index is 0.0243. The lowest BCUT2D eigenvalue weighted by Crippen LogP contribution is -2.49. The van der Waals surface area contributed by atoms with E-state index in [0.717, 1.165) is 26.0 Å². The fourth-order valence-corrected chi connectivity index (χ4v) is 3.95. The molecule has 1 aromatic carbocycles. The van der Waals surface area contributed by atoms with Gasteiger partial charge in [-0.15, -0.1) is 0 Å². The van der Waals surface area contributed by atoms with Crippen molar-refractivity contribution in [3.05, 3.63) is 24.3 Å². The van der Waals surface area contributed by atoms with Gasteiger partial charge in [0.1, 0.15) is 6.61 Å². The molecule has 0 radical (unpaired) electrons. The maximum atomic E-state index is 12.9. The predicted molar refractivity (Wildman–Crippen MR) is 84.7 cm³/mol. The Hall–Kier alpha value is -1.75. The van der Waals surface area contributed by atoms with Crippen LogP contribution in [0.3, 0.4) is 0 Å². The summed E-state index contributed by atoms with van der Waals surface area (Å²) < 4.78 is 17.4. The van der Waals surface area contributed by atoms with E-state index in [2.05, 4.69) is 0 Å². The van der Waals surface area contributed by atoms with Gasteiger partial charge in [0.05, 0.1) is 13.2 Å². The molecule has 0 aromatic heterocycles. The molecule has 1 saturated carbocycles. The van der Waals surface area contributed by atoms with Gasteiger partial charge in [-0.3, -0.25) is 4.79 Å². The summed E-state index contributed by atoms with van der Waals surface area (Å²) in [6.07, 6.45) is 4.23. The lowest BCUT2D eigenvalue weighted by atomic mass is 9.86. The monoisotopic (exact) mass is 317 g/mol. The molecule has 5 nitrogen and oxygen atoms in total. The molecule has 23 heavy (non-hydrogen) atoms. The molecule has 3 aliphatic rings. The number of carbonyl (C=O) groups excluding carboxylic acids is 1. The Morgan fingerprint density at radius 3 is 2.78 bits per heavy atom. The Bertz CT molecular complexity index is 582. The summed E-state index contributed by atoms with van der Waals surface area (Å²) in [7, 11) is 0. The van der Waals surface area contributed by atoms with E-state index in [0.29, 0.717) is 24.7 Å². The zero-order valence-electron chi connectivity index (χ0n) is 13.3. The third kappa shape index (κ3) is 2.90. The van der Waals surface area contributed by atoms with Crippen molar-refractivity contribution in [1.82, 2.24) is 4.90 Å². The first-order valence-electron chi connectivity index (χ1n) is 8.51. The molecule has 1 spiro atoms. The lowest BCUT2D eigenvalue weighted by molar-refractivity contribution is -0.142. The second-order valence-electron chi connectivity index (χ2n) is 6.88. The van der Waals surface area contributed by atoms with Gasteiger partial charge in [-0.2, -0.15) is 0 Å². The molecule has 124 valence electrons. The largest absolute Gasteiger partial charge is 0.485 e. The second-order valence-corrected chi connectivity index (χ2v) is 6.88.